The van der Waals surface area contributed by atoms with Crippen LogP contribution in [0.25, 0.3) is 0 Å². The molecular weight excluding hydrogens is 226 g/mol. The number of ether oxygens (including phenoxy) is 1. The van der Waals surface area contributed by atoms with Crippen LogP contribution in [-0.4, -0.2) is 19.1 Å². The zero-order valence-corrected chi connectivity index (χ0v) is 11.9. The van der Waals surface area contributed by atoms with E-state index in [9.17, 15) is 4.79 Å². The van der Waals surface area contributed by atoms with Gasteiger partial charge in [-0.05, 0) is 31.4 Å². The molecule has 1 aromatic carbocycles. The summed E-state index contributed by atoms with van der Waals surface area (Å²) in [6.45, 7) is 8.20. The Morgan fingerprint density at radius 3 is 2.33 bits per heavy atom. The van der Waals surface area contributed by atoms with Gasteiger partial charge in [0.2, 0.25) is 0 Å². The molecule has 2 atom stereocenters. The van der Waals surface area contributed by atoms with Crippen LogP contribution in [-0.2, 0) is 9.53 Å². The summed E-state index contributed by atoms with van der Waals surface area (Å²) in [6.07, 6.45) is 0. The lowest BCUT2D eigenvalue weighted by Crippen LogP contribution is -2.31. The third kappa shape index (κ3) is 3.49. The van der Waals surface area contributed by atoms with E-state index < -0.39 is 0 Å². The van der Waals surface area contributed by atoms with Gasteiger partial charge in [0.15, 0.2) is 0 Å². The topological polar surface area (TPSA) is 38.3 Å². The van der Waals surface area contributed by atoms with Crippen molar-refractivity contribution in [1.82, 2.24) is 0 Å². The predicted octanol–water partition coefficient (Wildman–Crippen LogP) is 3.42. The Morgan fingerprint density at radius 1 is 1.17 bits per heavy atom. The molecule has 0 aliphatic carbocycles. The van der Waals surface area contributed by atoms with Crippen LogP contribution in [0.5, 0.6) is 0 Å². The lowest BCUT2D eigenvalue weighted by atomic mass is 9.99. The zero-order chi connectivity index (χ0) is 13.7. The van der Waals surface area contributed by atoms with E-state index in [0.29, 0.717) is 5.92 Å². The van der Waals surface area contributed by atoms with E-state index in [0.717, 1.165) is 5.69 Å². The molecule has 1 aromatic rings. The third-order valence-electron chi connectivity index (χ3n) is 3.29. The number of hydrogen-bond donors (Lipinski definition) is 1. The molecule has 0 aliphatic rings. The molecule has 0 aliphatic heterocycles. The van der Waals surface area contributed by atoms with Crippen LogP contribution in [0.3, 0.4) is 0 Å². The highest BCUT2D eigenvalue weighted by Gasteiger charge is 2.21. The molecule has 1 N–H and O–H groups in total. The van der Waals surface area contributed by atoms with Crippen LogP contribution in [0.1, 0.15) is 39.2 Å². The number of esters is 1. The van der Waals surface area contributed by atoms with Gasteiger partial charge >= 0.3 is 5.97 Å². The van der Waals surface area contributed by atoms with Crippen molar-refractivity contribution in [3.8, 4) is 0 Å². The Labute approximate surface area is 110 Å². The van der Waals surface area contributed by atoms with E-state index >= 15 is 0 Å². The van der Waals surface area contributed by atoms with Gasteiger partial charge in [-0.15, -0.1) is 0 Å². The Bertz CT molecular complexity index is 401. The van der Waals surface area contributed by atoms with Crippen molar-refractivity contribution in [2.24, 2.45) is 5.92 Å². The average molecular weight is 249 g/mol. The first kappa shape index (κ1) is 14.6. The maximum Gasteiger partial charge on any atom is 0.310 e. The van der Waals surface area contributed by atoms with Crippen LogP contribution in [0.2, 0.25) is 0 Å². The van der Waals surface area contributed by atoms with Crippen LogP contribution in [0.4, 0.5) is 5.69 Å². The molecule has 100 valence electrons. The van der Waals surface area contributed by atoms with Gasteiger partial charge in [0.05, 0.1) is 13.0 Å². The smallest absolute Gasteiger partial charge is 0.310 e. The minimum absolute atomic E-state index is 0.0392. The molecule has 0 amide bonds. The first-order chi connectivity index (χ1) is 8.47. The third-order valence-corrected chi connectivity index (χ3v) is 3.29. The summed E-state index contributed by atoms with van der Waals surface area (Å²) < 4.78 is 4.77. The van der Waals surface area contributed by atoms with Gasteiger partial charge in [-0.3, -0.25) is 4.79 Å². The van der Waals surface area contributed by atoms with Gasteiger partial charge in [-0.25, -0.2) is 0 Å². The molecule has 2 unspecified atom stereocenters. The molecule has 3 heteroatoms. The first-order valence-corrected chi connectivity index (χ1v) is 6.40. The van der Waals surface area contributed by atoms with E-state index in [4.69, 9.17) is 4.74 Å². The van der Waals surface area contributed by atoms with Crippen molar-refractivity contribution in [1.29, 1.82) is 0 Å². The maximum absolute atomic E-state index is 11.5. The van der Waals surface area contributed by atoms with Gasteiger partial charge < -0.3 is 10.1 Å². The van der Waals surface area contributed by atoms with E-state index in [1.54, 1.807) is 0 Å². The summed E-state index contributed by atoms with van der Waals surface area (Å²) >= 11 is 0. The number of benzene rings is 1. The average Bonchev–Trinajstić information content (AvgIpc) is 2.37. The monoisotopic (exact) mass is 249 g/mol. The summed E-state index contributed by atoms with van der Waals surface area (Å²) in [5.41, 5.74) is 2.36. The molecule has 0 spiro atoms. The van der Waals surface area contributed by atoms with Gasteiger partial charge in [0.25, 0.3) is 0 Å². The predicted molar refractivity (Wildman–Crippen MR) is 74.8 cm³/mol. The number of anilines is 1. The van der Waals surface area contributed by atoms with E-state index in [-0.39, 0.29) is 17.9 Å². The highest BCUT2D eigenvalue weighted by molar-refractivity contribution is 5.73. The van der Waals surface area contributed by atoms with Gasteiger partial charge in [0, 0.05) is 11.7 Å². The number of hydrogen-bond acceptors (Lipinski definition) is 3. The summed E-state index contributed by atoms with van der Waals surface area (Å²) in [6, 6.07) is 8.24. The Kier molecular flexibility index (Phi) is 5.20. The molecule has 0 radical (unpaired) electrons. The summed E-state index contributed by atoms with van der Waals surface area (Å²) in [5.74, 6) is 0.0987. The van der Waals surface area contributed by atoms with Crippen LogP contribution in [0, 0.1) is 5.92 Å². The molecule has 0 saturated heterocycles. The number of para-hydroxylation sites is 1. The number of carbonyl (C=O) groups excluding carboxylic acids is 1. The van der Waals surface area contributed by atoms with Crippen molar-refractivity contribution < 1.29 is 9.53 Å². The Hall–Kier alpha value is -1.51. The van der Waals surface area contributed by atoms with Crippen LogP contribution in [0.15, 0.2) is 24.3 Å². The standard InChI is InChI=1S/C15H23NO2/c1-10(2)13-8-6-7-9-14(13)16-12(4)11(3)15(17)18-5/h6-12,16H,1-5H3. The summed E-state index contributed by atoms with van der Waals surface area (Å²) in [4.78, 5) is 11.5. The molecule has 0 saturated carbocycles. The molecule has 0 aromatic heterocycles. The second-order valence-corrected chi connectivity index (χ2v) is 4.99. The molecular formula is C15H23NO2. The fraction of sp³-hybridized carbons (Fsp3) is 0.533. The highest BCUT2D eigenvalue weighted by atomic mass is 16.5. The lowest BCUT2D eigenvalue weighted by molar-refractivity contribution is -0.145. The van der Waals surface area contributed by atoms with Crippen molar-refractivity contribution in [3.05, 3.63) is 29.8 Å². The second kappa shape index (κ2) is 6.43. The van der Waals surface area contributed by atoms with E-state index in [2.05, 4.69) is 31.3 Å². The molecule has 0 fully saturated rings. The molecule has 18 heavy (non-hydrogen) atoms. The molecule has 0 heterocycles. The quantitative estimate of drug-likeness (QED) is 0.813. The lowest BCUT2D eigenvalue weighted by Gasteiger charge is -2.23. The van der Waals surface area contributed by atoms with Crippen molar-refractivity contribution in [2.45, 2.75) is 39.7 Å². The van der Waals surface area contributed by atoms with Crippen molar-refractivity contribution >= 4 is 11.7 Å². The highest BCUT2D eigenvalue weighted by Crippen LogP contribution is 2.25. The van der Waals surface area contributed by atoms with Crippen molar-refractivity contribution in [2.75, 3.05) is 12.4 Å². The Morgan fingerprint density at radius 2 is 1.78 bits per heavy atom. The molecule has 1 rings (SSSR count). The minimum atomic E-state index is -0.183. The Balaban J connectivity index is 2.81. The normalized spacial score (nSPS) is 14.1. The van der Waals surface area contributed by atoms with Gasteiger partial charge in [0.1, 0.15) is 0 Å². The van der Waals surface area contributed by atoms with E-state index in [1.165, 1.54) is 12.7 Å². The van der Waals surface area contributed by atoms with Crippen LogP contribution < -0.4 is 5.32 Å². The second-order valence-electron chi connectivity index (χ2n) is 4.99. The van der Waals surface area contributed by atoms with Crippen LogP contribution >= 0.6 is 0 Å². The molecule has 3 nitrogen and oxygen atoms in total. The summed E-state index contributed by atoms with van der Waals surface area (Å²) in [5, 5.41) is 3.41. The zero-order valence-electron chi connectivity index (χ0n) is 11.9. The number of rotatable bonds is 5. The SMILES string of the molecule is COC(=O)C(C)C(C)Nc1ccccc1C(C)C. The molecule has 0 bridgehead atoms. The summed E-state index contributed by atoms with van der Waals surface area (Å²) in [7, 11) is 1.42. The first-order valence-electron chi connectivity index (χ1n) is 6.40. The van der Waals surface area contributed by atoms with E-state index in [1.807, 2.05) is 26.0 Å². The fourth-order valence-corrected chi connectivity index (χ4v) is 1.89. The largest absolute Gasteiger partial charge is 0.469 e. The minimum Gasteiger partial charge on any atom is -0.469 e. The number of methoxy groups -OCH3 is 1. The van der Waals surface area contributed by atoms with Gasteiger partial charge in [-0.1, -0.05) is 32.0 Å². The maximum atomic E-state index is 11.5. The number of nitrogens with one attached hydrogen (secondary N) is 1. The number of carbonyl (C=O) groups is 1. The van der Waals surface area contributed by atoms with Gasteiger partial charge in [-0.2, -0.15) is 0 Å². The fourth-order valence-electron chi connectivity index (χ4n) is 1.89. The van der Waals surface area contributed by atoms with Crippen molar-refractivity contribution in [3.63, 3.8) is 0 Å².